The molecule has 1 aliphatic heterocycles. The molecular weight excluding hydrogens is 375 g/mol. The van der Waals surface area contributed by atoms with E-state index in [9.17, 15) is 9.18 Å². The average molecular weight is 402 g/mol. The van der Waals surface area contributed by atoms with Crippen LogP contribution < -0.4 is 24.4 Å². The van der Waals surface area contributed by atoms with Crippen LogP contribution in [0.3, 0.4) is 0 Å². The maximum Gasteiger partial charge on any atom is 0.226 e. The molecular formula is C22H27FN2O4. The fourth-order valence-electron chi connectivity index (χ4n) is 3.76. The molecule has 0 atom stereocenters. The van der Waals surface area contributed by atoms with Crippen molar-refractivity contribution in [2.45, 2.75) is 26.2 Å². The van der Waals surface area contributed by atoms with E-state index < -0.39 is 0 Å². The van der Waals surface area contributed by atoms with Crippen molar-refractivity contribution < 1.29 is 23.4 Å². The van der Waals surface area contributed by atoms with E-state index in [2.05, 4.69) is 5.32 Å². The van der Waals surface area contributed by atoms with Gasteiger partial charge in [-0.1, -0.05) is 6.07 Å². The summed E-state index contributed by atoms with van der Waals surface area (Å²) in [7, 11) is 4.57. The normalized spacial score (nSPS) is 12.9. The van der Waals surface area contributed by atoms with Gasteiger partial charge >= 0.3 is 0 Å². The van der Waals surface area contributed by atoms with E-state index in [1.807, 2.05) is 17.9 Å². The fraction of sp³-hybridized carbons (Fsp3) is 0.409. The minimum Gasteiger partial charge on any atom is -0.493 e. The predicted octanol–water partition coefficient (Wildman–Crippen LogP) is 3.94. The SMILES string of the molecule is COc1cc(NC(=O)CCN2CCCc3c(C)ccc(F)c32)cc(OC)c1OC. The number of nitrogens with zero attached hydrogens (tertiary/aromatic N) is 1. The van der Waals surface area contributed by atoms with Crippen LogP contribution in [0.4, 0.5) is 15.8 Å². The van der Waals surface area contributed by atoms with Gasteiger partial charge in [0.25, 0.3) is 0 Å². The van der Waals surface area contributed by atoms with Crippen molar-refractivity contribution in [3.05, 3.63) is 41.2 Å². The lowest BCUT2D eigenvalue weighted by molar-refractivity contribution is -0.116. The Morgan fingerprint density at radius 2 is 1.83 bits per heavy atom. The maximum atomic E-state index is 14.4. The molecule has 0 saturated carbocycles. The van der Waals surface area contributed by atoms with Crippen LogP contribution in [-0.2, 0) is 11.2 Å². The van der Waals surface area contributed by atoms with E-state index >= 15 is 0 Å². The van der Waals surface area contributed by atoms with Gasteiger partial charge < -0.3 is 24.4 Å². The predicted molar refractivity (Wildman–Crippen MR) is 111 cm³/mol. The average Bonchev–Trinajstić information content (AvgIpc) is 2.74. The Morgan fingerprint density at radius 3 is 2.45 bits per heavy atom. The minimum absolute atomic E-state index is 0.167. The number of benzene rings is 2. The molecule has 1 N–H and O–H groups in total. The molecule has 2 aromatic rings. The second-order valence-electron chi connectivity index (χ2n) is 6.99. The third kappa shape index (κ3) is 4.39. The van der Waals surface area contributed by atoms with Crippen molar-refractivity contribution in [3.63, 3.8) is 0 Å². The number of rotatable bonds is 7. The summed E-state index contributed by atoms with van der Waals surface area (Å²) >= 11 is 0. The summed E-state index contributed by atoms with van der Waals surface area (Å²) in [6.45, 7) is 3.19. The molecule has 0 aliphatic carbocycles. The van der Waals surface area contributed by atoms with Crippen LogP contribution in [0.15, 0.2) is 24.3 Å². The first-order valence-corrected chi connectivity index (χ1v) is 9.61. The van der Waals surface area contributed by atoms with E-state index in [4.69, 9.17) is 14.2 Å². The Labute approximate surface area is 170 Å². The first-order valence-electron chi connectivity index (χ1n) is 9.61. The lowest BCUT2D eigenvalue weighted by atomic mass is 9.96. The number of halogens is 1. The molecule has 0 spiro atoms. The van der Waals surface area contributed by atoms with Crippen LogP contribution in [-0.4, -0.2) is 40.3 Å². The summed E-state index contributed by atoms with van der Waals surface area (Å²) in [5.74, 6) is 0.993. The summed E-state index contributed by atoms with van der Waals surface area (Å²) in [4.78, 5) is 14.5. The molecule has 0 saturated heterocycles. The lowest BCUT2D eigenvalue weighted by Crippen LogP contribution is -2.33. The quantitative estimate of drug-likeness (QED) is 0.760. The molecule has 1 aliphatic rings. The van der Waals surface area contributed by atoms with Gasteiger partial charge in [-0.2, -0.15) is 0 Å². The van der Waals surface area contributed by atoms with E-state index in [-0.39, 0.29) is 18.1 Å². The minimum atomic E-state index is -0.227. The van der Waals surface area contributed by atoms with Crippen LogP contribution in [0.2, 0.25) is 0 Å². The van der Waals surface area contributed by atoms with Gasteiger partial charge in [0.15, 0.2) is 11.5 Å². The van der Waals surface area contributed by atoms with Crippen molar-refractivity contribution in [1.29, 1.82) is 0 Å². The summed E-state index contributed by atoms with van der Waals surface area (Å²) in [5.41, 5.74) is 3.32. The van der Waals surface area contributed by atoms with E-state index in [0.29, 0.717) is 35.2 Å². The molecule has 1 amide bonds. The highest BCUT2D eigenvalue weighted by Gasteiger charge is 2.23. The maximum absolute atomic E-state index is 14.4. The fourth-order valence-corrected chi connectivity index (χ4v) is 3.76. The number of ether oxygens (including phenoxy) is 3. The number of nitrogens with one attached hydrogen (secondary N) is 1. The van der Waals surface area contributed by atoms with Gasteiger partial charge in [0, 0.05) is 37.3 Å². The van der Waals surface area contributed by atoms with Crippen molar-refractivity contribution >= 4 is 17.3 Å². The van der Waals surface area contributed by atoms with E-state index in [1.54, 1.807) is 12.1 Å². The highest BCUT2D eigenvalue weighted by molar-refractivity contribution is 5.92. The Kier molecular flexibility index (Phi) is 6.46. The van der Waals surface area contributed by atoms with Gasteiger partial charge in [0.05, 0.1) is 27.0 Å². The van der Waals surface area contributed by atoms with E-state index in [1.165, 1.54) is 27.4 Å². The summed E-state index contributed by atoms with van der Waals surface area (Å²) in [6.07, 6.45) is 2.06. The Balaban J connectivity index is 1.70. The molecule has 1 heterocycles. The number of hydrogen-bond acceptors (Lipinski definition) is 5. The molecule has 3 rings (SSSR count). The number of methoxy groups -OCH3 is 3. The molecule has 7 heteroatoms. The number of fused-ring (bicyclic) bond motifs is 1. The third-order valence-electron chi connectivity index (χ3n) is 5.20. The Hall–Kier alpha value is -2.96. The van der Waals surface area contributed by atoms with Gasteiger partial charge in [-0.05, 0) is 37.0 Å². The number of carbonyl (C=O) groups excluding carboxylic acids is 1. The topological polar surface area (TPSA) is 60.0 Å². The zero-order valence-corrected chi connectivity index (χ0v) is 17.3. The van der Waals surface area contributed by atoms with Crippen molar-refractivity contribution in [3.8, 4) is 17.2 Å². The van der Waals surface area contributed by atoms with Gasteiger partial charge in [-0.25, -0.2) is 4.39 Å². The van der Waals surface area contributed by atoms with Crippen LogP contribution in [0.25, 0.3) is 0 Å². The lowest BCUT2D eigenvalue weighted by Gasteiger charge is -2.32. The van der Waals surface area contributed by atoms with Crippen molar-refractivity contribution in [2.24, 2.45) is 0 Å². The molecule has 0 fully saturated rings. The first-order chi connectivity index (χ1) is 14.0. The second kappa shape index (κ2) is 9.03. The smallest absolute Gasteiger partial charge is 0.226 e. The van der Waals surface area contributed by atoms with Gasteiger partial charge in [-0.15, -0.1) is 0 Å². The molecule has 29 heavy (non-hydrogen) atoms. The van der Waals surface area contributed by atoms with Crippen molar-refractivity contribution in [2.75, 3.05) is 44.6 Å². The molecule has 156 valence electrons. The molecule has 0 radical (unpaired) electrons. The van der Waals surface area contributed by atoms with Crippen LogP contribution >= 0.6 is 0 Å². The highest BCUT2D eigenvalue weighted by atomic mass is 19.1. The highest BCUT2D eigenvalue weighted by Crippen LogP contribution is 2.40. The Morgan fingerprint density at radius 1 is 1.14 bits per heavy atom. The molecule has 0 aromatic heterocycles. The van der Waals surface area contributed by atoms with Gasteiger partial charge in [0.2, 0.25) is 11.7 Å². The number of aryl methyl sites for hydroxylation is 1. The first kappa shape index (κ1) is 20.8. The standard InChI is InChI=1S/C22H27FN2O4/c1-14-7-8-17(23)21-16(14)6-5-10-25(21)11-9-20(26)24-15-12-18(27-2)22(29-4)19(13-15)28-3/h7-8,12-13H,5-6,9-11H2,1-4H3,(H,24,26). The Bertz CT molecular complexity index is 876. The number of anilines is 2. The van der Waals surface area contributed by atoms with Crippen molar-refractivity contribution in [1.82, 2.24) is 0 Å². The zero-order valence-electron chi connectivity index (χ0n) is 17.3. The molecule has 6 nitrogen and oxygen atoms in total. The largest absolute Gasteiger partial charge is 0.493 e. The summed E-state index contributed by atoms with van der Waals surface area (Å²) in [6, 6.07) is 6.67. The number of hydrogen-bond donors (Lipinski definition) is 1. The second-order valence-corrected chi connectivity index (χ2v) is 6.99. The zero-order chi connectivity index (χ0) is 21.0. The third-order valence-corrected chi connectivity index (χ3v) is 5.20. The molecule has 0 bridgehead atoms. The monoisotopic (exact) mass is 402 g/mol. The number of amides is 1. The summed E-state index contributed by atoms with van der Waals surface area (Å²) in [5, 5.41) is 2.86. The van der Waals surface area contributed by atoms with E-state index in [0.717, 1.165) is 30.5 Å². The van der Waals surface area contributed by atoms with Crippen LogP contribution in [0.5, 0.6) is 17.2 Å². The number of carbonyl (C=O) groups is 1. The molecule has 2 aromatic carbocycles. The van der Waals surface area contributed by atoms with Gasteiger partial charge in [-0.3, -0.25) is 4.79 Å². The molecule has 0 unspecified atom stereocenters. The van der Waals surface area contributed by atoms with Crippen LogP contribution in [0, 0.1) is 12.7 Å². The van der Waals surface area contributed by atoms with Crippen LogP contribution in [0.1, 0.15) is 24.0 Å². The van der Waals surface area contributed by atoms with Gasteiger partial charge in [0.1, 0.15) is 5.82 Å². The summed E-state index contributed by atoms with van der Waals surface area (Å²) < 4.78 is 30.3.